The Morgan fingerprint density at radius 3 is 2.60 bits per heavy atom. The molecule has 0 saturated carbocycles. The number of carbonyl (C=O) groups excluding carboxylic acids is 1. The van der Waals surface area contributed by atoms with Crippen molar-refractivity contribution in [2.24, 2.45) is 5.92 Å². The molecule has 110 valence electrons. The third-order valence-corrected chi connectivity index (χ3v) is 4.73. The van der Waals surface area contributed by atoms with E-state index < -0.39 is 0 Å². The lowest BCUT2D eigenvalue weighted by Crippen LogP contribution is -2.44. The van der Waals surface area contributed by atoms with Gasteiger partial charge < -0.3 is 0 Å². The molecule has 20 heavy (non-hydrogen) atoms. The Morgan fingerprint density at radius 2 is 2.00 bits per heavy atom. The van der Waals surface area contributed by atoms with Gasteiger partial charge in [0.05, 0.1) is 11.1 Å². The summed E-state index contributed by atoms with van der Waals surface area (Å²) in [4.78, 5) is 15.0. The van der Waals surface area contributed by atoms with Gasteiger partial charge in [-0.2, -0.15) is 0 Å². The summed E-state index contributed by atoms with van der Waals surface area (Å²) in [5, 5.41) is 0.995. The van der Waals surface area contributed by atoms with Crippen LogP contribution < -0.4 is 0 Å². The van der Waals surface area contributed by atoms with Gasteiger partial charge in [-0.05, 0) is 50.4 Å². The third kappa shape index (κ3) is 3.19. The predicted molar refractivity (Wildman–Crippen MR) is 84.8 cm³/mol. The highest BCUT2D eigenvalue weighted by atomic mass is 35.5. The molecule has 2 rings (SSSR count). The zero-order valence-corrected chi connectivity index (χ0v) is 13.7. The highest BCUT2D eigenvalue weighted by molar-refractivity contribution is 6.37. The van der Waals surface area contributed by atoms with Crippen molar-refractivity contribution in [1.29, 1.82) is 0 Å². The summed E-state index contributed by atoms with van der Waals surface area (Å²) in [5.74, 6) is 0.646. The Bertz CT molecular complexity index is 501. The van der Waals surface area contributed by atoms with Gasteiger partial charge in [0.25, 0.3) is 0 Å². The lowest BCUT2D eigenvalue weighted by molar-refractivity contribution is 0.0785. The molecule has 0 aromatic heterocycles. The summed E-state index contributed by atoms with van der Waals surface area (Å²) in [6.45, 7) is 7.40. The Kier molecular flexibility index (Phi) is 5.11. The first-order valence-electron chi connectivity index (χ1n) is 7.17. The normalized spacial score (nSPS) is 21.4. The number of hydrogen-bond acceptors (Lipinski definition) is 2. The predicted octanol–water partition coefficient (Wildman–Crippen LogP) is 4.69. The first-order chi connectivity index (χ1) is 9.41. The molecule has 4 heteroatoms. The fourth-order valence-corrected chi connectivity index (χ4v) is 3.58. The van der Waals surface area contributed by atoms with E-state index in [2.05, 4.69) is 18.7 Å². The van der Waals surface area contributed by atoms with E-state index in [0.29, 0.717) is 27.6 Å². The molecule has 0 aliphatic carbocycles. The van der Waals surface area contributed by atoms with Crippen molar-refractivity contribution in [2.75, 3.05) is 6.54 Å². The number of hydrogen-bond donors (Lipinski definition) is 0. The number of likely N-dealkylation sites (tertiary alicyclic amines) is 1. The van der Waals surface area contributed by atoms with E-state index in [1.165, 1.54) is 6.42 Å². The number of Topliss-reactive ketones (excluding diaryl/α,β-unsaturated/α-hetero) is 1. The van der Waals surface area contributed by atoms with Crippen molar-refractivity contribution in [3.63, 3.8) is 0 Å². The molecule has 2 atom stereocenters. The fourth-order valence-electron chi connectivity index (χ4n) is 3.08. The summed E-state index contributed by atoms with van der Waals surface area (Å²) in [6, 6.07) is 5.43. The molecular weight excluding hydrogens is 293 g/mol. The summed E-state index contributed by atoms with van der Waals surface area (Å²) < 4.78 is 0. The van der Waals surface area contributed by atoms with E-state index in [4.69, 9.17) is 23.2 Å². The van der Waals surface area contributed by atoms with E-state index in [-0.39, 0.29) is 11.8 Å². The minimum Gasteiger partial charge on any atom is -0.292 e. The van der Waals surface area contributed by atoms with E-state index in [1.54, 1.807) is 18.2 Å². The SMILES string of the molecule is CC(C)C1CCCN1C(C)C(=O)c1ccc(Cl)cc1Cl. The van der Waals surface area contributed by atoms with Gasteiger partial charge in [-0.15, -0.1) is 0 Å². The number of rotatable bonds is 4. The van der Waals surface area contributed by atoms with Crippen LogP contribution in [0.25, 0.3) is 0 Å². The van der Waals surface area contributed by atoms with E-state index in [1.807, 2.05) is 6.92 Å². The average Bonchev–Trinajstić information content (AvgIpc) is 2.86. The maximum absolute atomic E-state index is 12.7. The van der Waals surface area contributed by atoms with Gasteiger partial charge in [-0.3, -0.25) is 9.69 Å². The molecule has 0 amide bonds. The van der Waals surface area contributed by atoms with Crippen molar-refractivity contribution in [3.05, 3.63) is 33.8 Å². The lowest BCUT2D eigenvalue weighted by atomic mass is 9.98. The second-order valence-corrected chi connectivity index (χ2v) is 6.70. The van der Waals surface area contributed by atoms with Gasteiger partial charge in [-0.1, -0.05) is 37.0 Å². The van der Waals surface area contributed by atoms with Crippen LogP contribution in [0.1, 0.15) is 44.0 Å². The van der Waals surface area contributed by atoms with Crippen molar-refractivity contribution in [3.8, 4) is 0 Å². The minimum atomic E-state index is -0.136. The lowest BCUT2D eigenvalue weighted by Gasteiger charge is -2.32. The quantitative estimate of drug-likeness (QED) is 0.752. The molecule has 1 heterocycles. The van der Waals surface area contributed by atoms with Crippen LogP contribution in [0.15, 0.2) is 18.2 Å². The molecule has 1 aliphatic rings. The van der Waals surface area contributed by atoms with Crippen molar-refractivity contribution >= 4 is 29.0 Å². The highest BCUT2D eigenvalue weighted by Crippen LogP contribution is 2.29. The summed E-state index contributed by atoms with van der Waals surface area (Å²) in [6.07, 6.45) is 2.33. The maximum atomic E-state index is 12.7. The fraction of sp³-hybridized carbons (Fsp3) is 0.562. The van der Waals surface area contributed by atoms with Crippen LogP contribution in [0.3, 0.4) is 0 Å². The van der Waals surface area contributed by atoms with Gasteiger partial charge in [0.15, 0.2) is 5.78 Å². The van der Waals surface area contributed by atoms with Crippen molar-refractivity contribution in [1.82, 2.24) is 4.90 Å². The Balaban J connectivity index is 2.20. The molecule has 0 N–H and O–H groups in total. The molecule has 0 spiro atoms. The van der Waals surface area contributed by atoms with E-state index in [0.717, 1.165) is 13.0 Å². The maximum Gasteiger partial charge on any atom is 0.181 e. The first-order valence-corrected chi connectivity index (χ1v) is 7.92. The number of carbonyl (C=O) groups is 1. The smallest absolute Gasteiger partial charge is 0.181 e. The minimum absolute atomic E-state index is 0.0826. The van der Waals surface area contributed by atoms with E-state index >= 15 is 0 Å². The number of halogens is 2. The Morgan fingerprint density at radius 1 is 1.30 bits per heavy atom. The average molecular weight is 314 g/mol. The Hall–Kier alpha value is -0.570. The van der Waals surface area contributed by atoms with Gasteiger partial charge in [0.1, 0.15) is 0 Å². The van der Waals surface area contributed by atoms with Crippen LogP contribution >= 0.6 is 23.2 Å². The zero-order valence-electron chi connectivity index (χ0n) is 12.2. The van der Waals surface area contributed by atoms with Crippen LogP contribution in [0, 0.1) is 5.92 Å². The van der Waals surface area contributed by atoms with Crippen molar-refractivity contribution < 1.29 is 4.79 Å². The molecule has 0 bridgehead atoms. The molecular formula is C16H21Cl2NO. The molecule has 1 fully saturated rings. The van der Waals surface area contributed by atoms with Crippen LogP contribution in [-0.4, -0.2) is 29.3 Å². The van der Waals surface area contributed by atoms with Gasteiger partial charge in [0.2, 0.25) is 0 Å². The Labute approximate surface area is 131 Å². The van der Waals surface area contributed by atoms with E-state index in [9.17, 15) is 4.79 Å². The van der Waals surface area contributed by atoms with Crippen LogP contribution in [0.5, 0.6) is 0 Å². The molecule has 2 unspecified atom stereocenters. The number of nitrogens with zero attached hydrogens (tertiary/aromatic N) is 1. The summed E-state index contributed by atoms with van der Waals surface area (Å²) >= 11 is 12.0. The summed E-state index contributed by atoms with van der Waals surface area (Å²) in [7, 11) is 0. The molecule has 1 aromatic rings. The standard InChI is InChI=1S/C16H21Cl2NO/c1-10(2)15-5-4-8-19(15)11(3)16(20)13-7-6-12(17)9-14(13)18/h6-7,9-11,15H,4-5,8H2,1-3H3. The zero-order chi connectivity index (χ0) is 14.9. The largest absolute Gasteiger partial charge is 0.292 e. The monoisotopic (exact) mass is 313 g/mol. The van der Waals surface area contributed by atoms with Gasteiger partial charge in [0, 0.05) is 16.6 Å². The molecule has 1 aliphatic heterocycles. The second-order valence-electron chi connectivity index (χ2n) is 5.86. The first kappa shape index (κ1) is 15.8. The van der Waals surface area contributed by atoms with Crippen molar-refractivity contribution in [2.45, 2.75) is 45.7 Å². The number of benzene rings is 1. The van der Waals surface area contributed by atoms with Crippen LogP contribution in [-0.2, 0) is 0 Å². The highest BCUT2D eigenvalue weighted by Gasteiger charge is 2.34. The topological polar surface area (TPSA) is 20.3 Å². The summed E-state index contributed by atoms with van der Waals surface area (Å²) in [5.41, 5.74) is 0.568. The van der Waals surface area contributed by atoms with Crippen LogP contribution in [0.4, 0.5) is 0 Å². The molecule has 1 aromatic carbocycles. The number of ketones is 1. The second kappa shape index (κ2) is 6.46. The molecule has 0 radical (unpaired) electrons. The third-order valence-electron chi connectivity index (χ3n) is 4.19. The molecule has 2 nitrogen and oxygen atoms in total. The van der Waals surface area contributed by atoms with Crippen LogP contribution in [0.2, 0.25) is 10.0 Å². The molecule has 1 saturated heterocycles. The van der Waals surface area contributed by atoms with Gasteiger partial charge >= 0.3 is 0 Å². The van der Waals surface area contributed by atoms with Gasteiger partial charge in [-0.25, -0.2) is 0 Å².